The number of likely N-dealkylation sites (tertiary alicyclic amines) is 1. The number of pyridine rings is 1. The van der Waals surface area contributed by atoms with Gasteiger partial charge in [-0.1, -0.05) is 36.4 Å². The van der Waals surface area contributed by atoms with Gasteiger partial charge in [-0.25, -0.2) is 4.79 Å². The number of aryl methyl sites for hydroxylation is 2. The van der Waals surface area contributed by atoms with Crippen molar-refractivity contribution < 1.29 is 33.3 Å². The maximum absolute atomic E-state index is 13.6. The Morgan fingerprint density at radius 2 is 1.52 bits per heavy atom. The molecule has 1 aliphatic heterocycles. The van der Waals surface area contributed by atoms with Gasteiger partial charge in [-0.3, -0.25) is 14.6 Å². The molecule has 0 radical (unpaired) electrons. The predicted molar refractivity (Wildman–Crippen MR) is 166 cm³/mol. The number of hydrogen-bond donors (Lipinski definition) is 0. The molecule has 2 unspecified atom stereocenters. The fourth-order valence-corrected chi connectivity index (χ4v) is 5.65. The third-order valence-corrected chi connectivity index (χ3v) is 7.99. The van der Waals surface area contributed by atoms with Crippen molar-refractivity contribution in [1.29, 1.82) is 0 Å². The zero-order valence-electron chi connectivity index (χ0n) is 25.8. The Morgan fingerprint density at radius 3 is 2.14 bits per heavy atom. The number of aromatic nitrogens is 1. The second-order valence-corrected chi connectivity index (χ2v) is 10.9. The molecule has 9 nitrogen and oxygen atoms in total. The van der Waals surface area contributed by atoms with E-state index in [2.05, 4.69) is 17.1 Å². The quantitative estimate of drug-likeness (QED) is 0.125. The van der Waals surface area contributed by atoms with Crippen LogP contribution in [-0.4, -0.2) is 67.6 Å². The number of rotatable bonds is 15. The molecule has 1 fully saturated rings. The SMILES string of the molecule is COc1cc(C(=O)C(=O)N2CCCCC2C(=O)OC(CCCc2ccccc2)CCCc2cccnc2)cc(OC)c1OC. The molecular weight excluding hydrogens is 560 g/mol. The van der Waals surface area contributed by atoms with Crippen LogP contribution in [0.1, 0.15) is 66.4 Å². The highest BCUT2D eigenvalue weighted by Gasteiger charge is 2.37. The minimum absolute atomic E-state index is 0.0939. The normalized spacial score (nSPS) is 15.2. The van der Waals surface area contributed by atoms with Gasteiger partial charge in [0, 0.05) is 24.5 Å². The summed E-state index contributed by atoms with van der Waals surface area (Å²) in [4.78, 5) is 46.2. The van der Waals surface area contributed by atoms with Gasteiger partial charge in [0.2, 0.25) is 5.75 Å². The van der Waals surface area contributed by atoms with Gasteiger partial charge in [0.05, 0.1) is 21.3 Å². The maximum atomic E-state index is 13.6. The van der Waals surface area contributed by atoms with Gasteiger partial charge in [0.1, 0.15) is 12.1 Å². The van der Waals surface area contributed by atoms with Crippen molar-refractivity contribution in [2.45, 2.75) is 69.9 Å². The zero-order valence-corrected chi connectivity index (χ0v) is 25.8. The lowest BCUT2D eigenvalue weighted by atomic mass is 9.99. The molecular formula is C35H42N2O7. The first kappa shape index (κ1) is 32.5. The first-order chi connectivity index (χ1) is 21.4. The van der Waals surface area contributed by atoms with Crippen molar-refractivity contribution >= 4 is 17.7 Å². The number of Topliss-reactive ketones (excluding diaryl/α,β-unsaturated/α-hetero) is 1. The number of piperidine rings is 1. The second kappa shape index (κ2) is 16.4. The topological polar surface area (TPSA) is 104 Å². The third kappa shape index (κ3) is 8.58. The first-order valence-electron chi connectivity index (χ1n) is 15.2. The van der Waals surface area contributed by atoms with Crippen LogP contribution in [0.2, 0.25) is 0 Å². The Morgan fingerprint density at radius 1 is 0.864 bits per heavy atom. The summed E-state index contributed by atoms with van der Waals surface area (Å²) in [5, 5.41) is 0. The van der Waals surface area contributed by atoms with Crippen molar-refractivity contribution in [3.8, 4) is 17.2 Å². The molecule has 0 bridgehead atoms. The number of nitrogens with zero attached hydrogens (tertiary/aromatic N) is 2. The van der Waals surface area contributed by atoms with Gasteiger partial charge < -0.3 is 23.8 Å². The standard InChI is InChI=1S/C35H42N2O7/c1-41-30-22-27(23-31(42-2)33(30)43-3)32(38)34(39)37-21-8-7-19-29(37)35(40)44-28(17-9-14-25-12-5-4-6-13-25)18-10-15-26-16-11-20-36-24-26/h4-6,11-13,16,20,22-24,28-29H,7-10,14-15,17-19,21H2,1-3H3. The highest BCUT2D eigenvalue weighted by atomic mass is 16.5. The van der Waals surface area contributed by atoms with Crippen LogP contribution < -0.4 is 14.2 Å². The van der Waals surface area contributed by atoms with Crippen LogP contribution in [0.25, 0.3) is 0 Å². The van der Waals surface area contributed by atoms with E-state index in [0.717, 1.165) is 37.7 Å². The van der Waals surface area contributed by atoms with E-state index in [1.807, 2.05) is 36.5 Å². The molecule has 4 rings (SSSR count). The summed E-state index contributed by atoms with van der Waals surface area (Å²) >= 11 is 0. The van der Waals surface area contributed by atoms with Crippen LogP contribution in [0.5, 0.6) is 17.2 Å². The van der Waals surface area contributed by atoms with Crippen molar-refractivity contribution in [2.24, 2.45) is 0 Å². The fraction of sp³-hybridized carbons (Fsp3) is 0.429. The van der Waals surface area contributed by atoms with Crippen LogP contribution in [-0.2, 0) is 27.2 Å². The minimum Gasteiger partial charge on any atom is -0.493 e. The molecule has 1 aromatic heterocycles. The molecule has 0 N–H and O–H groups in total. The Labute approximate surface area is 259 Å². The summed E-state index contributed by atoms with van der Waals surface area (Å²) in [6, 6.07) is 16.3. The molecule has 1 aliphatic rings. The third-order valence-electron chi connectivity index (χ3n) is 7.99. The molecule has 0 saturated carbocycles. The van der Waals surface area contributed by atoms with Gasteiger partial charge >= 0.3 is 5.97 Å². The molecule has 0 spiro atoms. The molecule has 2 aromatic carbocycles. The maximum Gasteiger partial charge on any atom is 0.329 e. The molecule has 44 heavy (non-hydrogen) atoms. The van der Waals surface area contributed by atoms with Crippen molar-refractivity contribution in [1.82, 2.24) is 9.88 Å². The largest absolute Gasteiger partial charge is 0.493 e. The molecule has 1 saturated heterocycles. The Kier molecular flexibility index (Phi) is 12.2. The van der Waals surface area contributed by atoms with E-state index in [1.54, 1.807) is 6.20 Å². The van der Waals surface area contributed by atoms with Crippen LogP contribution in [0.4, 0.5) is 0 Å². The van der Waals surface area contributed by atoms with E-state index in [-0.39, 0.29) is 23.2 Å². The molecule has 2 atom stereocenters. The van der Waals surface area contributed by atoms with E-state index in [0.29, 0.717) is 38.0 Å². The van der Waals surface area contributed by atoms with E-state index >= 15 is 0 Å². The van der Waals surface area contributed by atoms with Crippen molar-refractivity contribution in [3.63, 3.8) is 0 Å². The Bertz CT molecular complexity index is 1310. The smallest absolute Gasteiger partial charge is 0.329 e. The molecule has 2 heterocycles. The average Bonchev–Trinajstić information content (AvgIpc) is 3.07. The number of esters is 1. The number of carbonyl (C=O) groups excluding carboxylic acids is 3. The van der Waals surface area contributed by atoms with E-state index in [1.165, 1.54) is 43.9 Å². The zero-order chi connectivity index (χ0) is 31.3. The molecule has 234 valence electrons. The number of ketones is 1. The lowest BCUT2D eigenvalue weighted by Crippen LogP contribution is -2.51. The van der Waals surface area contributed by atoms with Gasteiger partial charge in [-0.05, 0) is 87.1 Å². The Balaban J connectivity index is 1.45. The van der Waals surface area contributed by atoms with E-state index in [9.17, 15) is 14.4 Å². The van der Waals surface area contributed by atoms with Crippen LogP contribution in [0.3, 0.4) is 0 Å². The highest BCUT2D eigenvalue weighted by molar-refractivity contribution is 6.43. The number of hydrogen-bond acceptors (Lipinski definition) is 8. The number of amides is 1. The molecule has 9 heteroatoms. The summed E-state index contributed by atoms with van der Waals surface area (Å²) in [5.41, 5.74) is 2.47. The number of methoxy groups -OCH3 is 3. The number of carbonyl (C=O) groups is 3. The van der Waals surface area contributed by atoms with Gasteiger partial charge in [0.25, 0.3) is 11.7 Å². The van der Waals surface area contributed by atoms with E-state index < -0.39 is 23.7 Å². The predicted octanol–water partition coefficient (Wildman–Crippen LogP) is 5.63. The van der Waals surface area contributed by atoms with Crippen LogP contribution in [0, 0.1) is 0 Å². The van der Waals surface area contributed by atoms with E-state index in [4.69, 9.17) is 18.9 Å². The van der Waals surface area contributed by atoms with Crippen LogP contribution >= 0.6 is 0 Å². The van der Waals surface area contributed by atoms with Crippen LogP contribution in [0.15, 0.2) is 67.0 Å². The summed E-state index contributed by atoms with van der Waals surface area (Å²) in [6.45, 7) is 0.300. The van der Waals surface area contributed by atoms with Crippen molar-refractivity contribution in [3.05, 3.63) is 83.7 Å². The first-order valence-corrected chi connectivity index (χ1v) is 15.2. The number of benzene rings is 2. The summed E-state index contributed by atoms with van der Waals surface area (Å²) in [5.74, 6) is -1.11. The summed E-state index contributed by atoms with van der Waals surface area (Å²) in [7, 11) is 4.35. The second-order valence-electron chi connectivity index (χ2n) is 10.9. The highest BCUT2D eigenvalue weighted by Crippen LogP contribution is 2.38. The van der Waals surface area contributed by atoms with Gasteiger partial charge in [-0.2, -0.15) is 0 Å². The lowest BCUT2D eigenvalue weighted by Gasteiger charge is -2.34. The monoisotopic (exact) mass is 602 g/mol. The Hall–Kier alpha value is -4.40. The fourth-order valence-electron chi connectivity index (χ4n) is 5.65. The number of ether oxygens (including phenoxy) is 4. The summed E-state index contributed by atoms with van der Waals surface area (Å²) in [6.07, 6.45) is 10.0. The molecule has 3 aromatic rings. The summed E-state index contributed by atoms with van der Waals surface area (Å²) < 4.78 is 22.2. The van der Waals surface area contributed by atoms with Gasteiger partial charge in [-0.15, -0.1) is 0 Å². The molecule has 1 amide bonds. The average molecular weight is 603 g/mol. The minimum atomic E-state index is -0.822. The van der Waals surface area contributed by atoms with Crippen molar-refractivity contribution in [2.75, 3.05) is 27.9 Å². The molecule has 0 aliphatic carbocycles. The van der Waals surface area contributed by atoms with Gasteiger partial charge in [0.15, 0.2) is 11.5 Å². The lowest BCUT2D eigenvalue weighted by molar-refractivity contribution is -0.161.